The maximum absolute atomic E-state index is 8.66. The maximum Gasteiger partial charge on any atom is 0.128 e. The van der Waals surface area contributed by atoms with Gasteiger partial charge in [-0.05, 0) is 19.1 Å². The van der Waals surface area contributed by atoms with E-state index in [9.17, 15) is 0 Å². The Hall–Kier alpha value is -1.06. The number of ether oxygens (including phenoxy) is 1. The lowest BCUT2D eigenvalue weighted by molar-refractivity contribution is -0.671. The van der Waals surface area contributed by atoms with Crippen LogP contribution in [0.25, 0.3) is 0 Å². The lowest BCUT2D eigenvalue weighted by atomic mass is 10.2. The van der Waals surface area contributed by atoms with Gasteiger partial charge in [-0.1, -0.05) is 12.1 Å². The van der Waals surface area contributed by atoms with Crippen LogP contribution in [-0.4, -0.2) is 24.9 Å². The Kier molecular flexibility index (Phi) is 5.81. The molecule has 0 aromatic heterocycles. The highest BCUT2D eigenvalue weighted by molar-refractivity contribution is 5.32. The van der Waals surface area contributed by atoms with Crippen molar-refractivity contribution >= 4 is 0 Å². The number of aliphatic hydroxyl groups excluding tert-OH is 1. The molecule has 15 heavy (non-hydrogen) atoms. The third-order valence-electron chi connectivity index (χ3n) is 2.20. The smallest absolute Gasteiger partial charge is 0.128 e. The van der Waals surface area contributed by atoms with E-state index < -0.39 is 0 Å². The van der Waals surface area contributed by atoms with Crippen LogP contribution in [0.4, 0.5) is 0 Å². The lowest BCUT2D eigenvalue weighted by Crippen LogP contribution is -2.82. The van der Waals surface area contributed by atoms with Crippen LogP contribution in [0.15, 0.2) is 24.3 Å². The minimum absolute atomic E-state index is 0.267. The van der Waals surface area contributed by atoms with Crippen LogP contribution >= 0.6 is 0 Å². The van der Waals surface area contributed by atoms with Gasteiger partial charge in [0.05, 0.1) is 13.2 Å². The van der Waals surface area contributed by atoms with E-state index in [1.54, 1.807) is 0 Å². The van der Waals surface area contributed by atoms with Crippen molar-refractivity contribution in [3.63, 3.8) is 0 Å². The molecular formula is C12H20NO2+. The van der Waals surface area contributed by atoms with Crippen molar-refractivity contribution in [3.8, 4) is 5.75 Å². The lowest BCUT2D eigenvalue weighted by Gasteiger charge is -2.08. The second kappa shape index (κ2) is 7.26. The molecule has 0 saturated carbocycles. The van der Waals surface area contributed by atoms with Crippen molar-refractivity contribution < 1.29 is 15.2 Å². The zero-order valence-electron chi connectivity index (χ0n) is 9.28. The number of hydrogen-bond acceptors (Lipinski definition) is 2. The largest absolute Gasteiger partial charge is 0.493 e. The van der Waals surface area contributed by atoms with E-state index >= 15 is 0 Å². The molecule has 0 aliphatic heterocycles. The van der Waals surface area contributed by atoms with Gasteiger partial charge < -0.3 is 15.2 Å². The summed E-state index contributed by atoms with van der Waals surface area (Å²) < 4.78 is 5.52. The van der Waals surface area contributed by atoms with Gasteiger partial charge in [-0.3, -0.25) is 0 Å². The van der Waals surface area contributed by atoms with Crippen LogP contribution in [0.1, 0.15) is 18.9 Å². The number of aliphatic hydroxyl groups is 1. The molecule has 0 heterocycles. The van der Waals surface area contributed by atoms with E-state index in [1.165, 1.54) is 5.56 Å². The van der Waals surface area contributed by atoms with E-state index in [-0.39, 0.29) is 6.61 Å². The molecule has 0 bridgehead atoms. The number of quaternary nitrogens is 1. The standard InChI is InChI=1S/C12H19NO2/c1-2-15-12-7-4-3-6-11(12)10-13-8-5-9-14/h3-4,6-7,13-14H,2,5,8-10H2,1H3/p+1. The second-order valence-corrected chi connectivity index (χ2v) is 3.40. The number of rotatable bonds is 7. The molecule has 0 saturated heterocycles. The van der Waals surface area contributed by atoms with Gasteiger partial charge in [0.1, 0.15) is 12.3 Å². The Morgan fingerprint density at radius 3 is 2.87 bits per heavy atom. The predicted molar refractivity (Wildman–Crippen MR) is 59.8 cm³/mol. The van der Waals surface area contributed by atoms with Crippen LogP contribution in [0.2, 0.25) is 0 Å². The number of para-hydroxylation sites is 1. The van der Waals surface area contributed by atoms with Gasteiger partial charge in [-0.15, -0.1) is 0 Å². The number of benzene rings is 1. The summed E-state index contributed by atoms with van der Waals surface area (Å²) in [5, 5.41) is 10.8. The Morgan fingerprint density at radius 1 is 1.33 bits per heavy atom. The topological polar surface area (TPSA) is 46.1 Å². The van der Waals surface area contributed by atoms with Gasteiger partial charge in [0.2, 0.25) is 0 Å². The Morgan fingerprint density at radius 2 is 2.13 bits per heavy atom. The molecule has 1 aromatic rings. The quantitative estimate of drug-likeness (QED) is 0.645. The monoisotopic (exact) mass is 210 g/mol. The minimum atomic E-state index is 0.267. The van der Waals surface area contributed by atoms with Crippen LogP contribution in [0.5, 0.6) is 5.75 Å². The summed E-state index contributed by atoms with van der Waals surface area (Å²) in [6, 6.07) is 8.10. The van der Waals surface area contributed by atoms with Gasteiger partial charge >= 0.3 is 0 Å². The van der Waals surface area contributed by atoms with Crippen LogP contribution in [-0.2, 0) is 6.54 Å². The molecule has 0 aliphatic rings. The number of hydrogen-bond donors (Lipinski definition) is 2. The summed E-state index contributed by atoms with van der Waals surface area (Å²) in [5.74, 6) is 0.972. The van der Waals surface area contributed by atoms with Crippen molar-refractivity contribution in [2.24, 2.45) is 0 Å². The third kappa shape index (κ3) is 4.32. The normalized spacial score (nSPS) is 10.3. The highest BCUT2D eigenvalue weighted by atomic mass is 16.5. The highest BCUT2D eigenvalue weighted by Gasteiger charge is 2.03. The fraction of sp³-hybridized carbons (Fsp3) is 0.500. The second-order valence-electron chi connectivity index (χ2n) is 3.40. The van der Waals surface area contributed by atoms with Crippen LogP contribution in [0, 0.1) is 0 Å². The van der Waals surface area contributed by atoms with Crippen molar-refractivity contribution in [2.45, 2.75) is 19.9 Å². The van der Waals surface area contributed by atoms with E-state index in [0.717, 1.165) is 25.3 Å². The van der Waals surface area contributed by atoms with Gasteiger partial charge in [-0.25, -0.2) is 0 Å². The average molecular weight is 210 g/mol. The molecule has 0 atom stereocenters. The molecule has 0 radical (unpaired) electrons. The molecule has 1 aromatic carbocycles. The summed E-state index contributed by atoms with van der Waals surface area (Å²) in [4.78, 5) is 0. The molecule has 3 heteroatoms. The first-order valence-electron chi connectivity index (χ1n) is 5.51. The molecule has 84 valence electrons. The summed E-state index contributed by atoms with van der Waals surface area (Å²) in [6.07, 6.45) is 0.844. The molecule has 0 spiro atoms. The molecule has 0 aliphatic carbocycles. The molecular weight excluding hydrogens is 190 g/mol. The minimum Gasteiger partial charge on any atom is -0.493 e. The zero-order valence-corrected chi connectivity index (χ0v) is 9.28. The third-order valence-corrected chi connectivity index (χ3v) is 2.20. The Bertz CT molecular complexity index is 276. The molecule has 0 unspecified atom stereocenters. The molecule has 3 nitrogen and oxygen atoms in total. The first-order valence-corrected chi connectivity index (χ1v) is 5.51. The van der Waals surface area contributed by atoms with E-state index in [0.29, 0.717) is 6.61 Å². The van der Waals surface area contributed by atoms with Crippen molar-refractivity contribution in [2.75, 3.05) is 19.8 Å². The number of nitrogens with two attached hydrogens (primary N) is 1. The Labute approximate surface area is 91.1 Å². The Balaban J connectivity index is 2.44. The maximum atomic E-state index is 8.66. The fourth-order valence-corrected chi connectivity index (χ4v) is 1.46. The fourth-order valence-electron chi connectivity index (χ4n) is 1.46. The highest BCUT2D eigenvalue weighted by Crippen LogP contribution is 2.16. The predicted octanol–water partition coefficient (Wildman–Crippen LogP) is 0.531. The van der Waals surface area contributed by atoms with Crippen LogP contribution < -0.4 is 10.1 Å². The zero-order chi connectivity index (χ0) is 10.9. The van der Waals surface area contributed by atoms with Crippen molar-refractivity contribution in [3.05, 3.63) is 29.8 Å². The van der Waals surface area contributed by atoms with Crippen molar-refractivity contribution in [1.82, 2.24) is 0 Å². The van der Waals surface area contributed by atoms with Crippen LogP contribution in [0.3, 0.4) is 0 Å². The van der Waals surface area contributed by atoms with Gasteiger partial charge in [-0.2, -0.15) is 0 Å². The first kappa shape index (κ1) is 12.0. The summed E-state index contributed by atoms with van der Waals surface area (Å²) in [7, 11) is 0. The molecule has 3 N–H and O–H groups in total. The summed E-state index contributed by atoms with van der Waals surface area (Å²) >= 11 is 0. The SMILES string of the molecule is CCOc1ccccc1C[NH2+]CCCO. The molecule has 1 rings (SSSR count). The average Bonchev–Trinajstić information content (AvgIpc) is 2.27. The van der Waals surface area contributed by atoms with E-state index in [4.69, 9.17) is 9.84 Å². The van der Waals surface area contributed by atoms with Gasteiger partial charge in [0.25, 0.3) is 0 Å². The van der Waals surface area contributed by atoms with E-state index in [2.05, 4.69) is 11.4 Å². The summed E-state index contributed by atoms with van der Waals surface area (Å²) in [6.45, 7) is 4.83. The summed E-state index contributed by atoms with van der Waals surface area (Å²) in [5.41, 5.74) is 1.22. The van der Waals surface area contributed by atoms with Gasteiger partial charge in [0, 0.05) is 18.6 Å². The van der Waals surface area contributed by atoms with Gasteiger partial charge in [0.15, 0.2) is 0 Å². The molecule has 0 fully saturated rings. The molecule has 0 amide bonds. The van der Waals surface area contributed by atoms with Crippen molar-refractivity contribution in [1.29, 1.82) is 0 Å². The first-order chi connectivity index (χ1) is 7.38. The van der Waals surface area contributed by atoms with E-state index in [1.807, 2.05) is 25.1 Å².